The molecule has 3 aromatic carbocycles. The molecule has 0 aliphatic carbocycles. The van der Waals surface area contributed by atoms with Crippen molar-refractivity contribution in [3.63, 3.8) is 0 Å². The van der Waals surface area contributed by atoms with Gasteiger partial charge in [-0.3, -0.25) is 5.43 Å². The molecule has 1 heterocycles. The van der Waals surface area contributed by atoms with Gasteiger partial charge in [0, 0.05) is 11.3 Å². The SMILES string of the molecule is CCOc1cc([C@H]2NC(=O)NC(C)=C2C(=O)OC)ccc1OC[C@H](O)N/N=C\c1cc(I)c(OCc2ccccc2F)c(I)c1. The minimum atomic E-state index is -1.16. The predicted octanol–water partition coefficient (Wildman–Crippen LogP) is 5.13. The maximum Gasteiger partial charge on any atom is 0.337 e. The zero-order chi connectivity index (χ0) is 32.5. The van der Waals surface area contributed by atoms with E-state index in [0.29, 0.717) is 40.7 Å². The number of urea groups is 1. The second-order valence-corrected chi connectivity index (χ2v) is 11.9. The third-order valence-electron chi connectivity index (χ3n) is 6.46. The third kappa shape index (κ3) is 8.97. The number of halogens is 3. The Hall–Kier alpha value is -3.64. The number of methoxy groups -OCH3 is 1. The highest BCUT2D eigenvalue weighted by atomic mass is 127. The number of nitrogens with zero attached hydrogens (tertiary/aromatic N) is 1. The van der Waals surface area contributed by atoms with Crippen LogP contribution >= 0.6 is 45.2 Å². The number of carbonyl (C=O) groups excluding carboxylic acids is 2. The number of ether oxygens (including phenoxy) is 4. The van der Waals surface area contributed by atoms with Gasteiger partial charge in [0.25, 0.3) is 0 Å². The Kier molecular flexibility index (Phi) is 12.2. The molecule has 0 spiro atoms. The predicted molar refractivity (Wildman–Crippen MR) is 182 cm³/mol. The molecule has 0 saturated carbocycles. The van der Waals surface area contributed by atoms with Gasteiger partial charge in [-0.2, -0.15) is 5.10 Å². The quantitative estimate of drug-likeness (QED) is 0.0611. The highest BCUT2D eigenvalue weighted by molar-refractivity contribution is 14.1. The van der Waals surface area contributed by atoms with Crippen LogP contribution in [0.2, 0.25) is 0 Å². The highest BCUT2D eigenvalue weighted by Crippen LogP contribution is 2.35. The van der Waals surface area contributed by atoms with Crippen LogP contribution in [0.15, 0.2) is 71.0 Å². The molecule has 238 valence electrons. The van der Waals surface area contributed by atoms with E-state index in [-0.39, 0.29) is 24.6 Å². The summed E-state index contributed by atoms with van der Waals surface area (Å²) < 4.78 is 37.9. The van der Waals surface area contributed by atoms with Gasteiger partial charge in [0.2, 0.25) is 0 Å². The second-order valence-electron chi connectivity index (χ2n) is 9.61. The number of carbonyl (C=O) groups is 2. The number of hydrogen-bond donors (Lipinski definition) is 4. The number of nitrogens with one attached hydrogen (secondary N) is 3. The van der Waals surface area contributed by atoms with Crippen LogP contribution in [0, 0.1) is 13.0 Å². The molecule has 1 aliphatic heterocycles. The molecule has 1 aliphatic rings. The van der Waals surface area contributed by atoms with Crippen LogP contribution in [-0.4, -0.2) is 49.9 Å². The number of aliphatic hydroxyl groups excluding tert-OH is 1. The van der Waals surface area contributed by atoms with E-state index in [4.69, 9.17) is 18.9 Å². The van der Waals surface area contributed by atoms with Gasteiger partial charge in [0.15, 0.2) is 17.7 Å². The van der Waals surface area contributed by atoms with Crippen LogP contribution in [0.1, 0.15) is 36.6 Å². The second kappa shape index (κ2) is 16.1. The lowest BCUT2D eigenvalue weighted by atomic mass is 9.95. The lowest BCUT2D eigenvalue weighted by Gasteiger charge is -2.28. The van der Waals surface area contributed by atoms with Crippen molar-refractivity contribution in [3.05, 3.63) is 95.5 Å². The first-order chi connectivity index (χ1) is 21.6. The minimum absolute atomic E-state index is 0.105. The van der Waals surface area contributed by atoms with Gasteiger partial charge in [-0.05, 0) is 100 Å². The monoisotopic (exact) mass is 844 g/mol. The number of amides is 2. The number of hydrogen-bond acceptors (Lipinski definition) is 9. The molecule has 0 unspecified atom stereocenters. The Morgan fingerprint density at radius 1 is 1.11 bits per heavy atom. The molecule has 2 amide bonds. The van der Waals surface area contributed by atoms with Crippen LogP contribution < -0.4 is 30.3 Å². The van der Waals surface area contributed by atoms with Crippen LogP contribution in [0.4, 0.5) is 9.18 Å². The molecule has 0 radical (unpaired) electrons. The van der Waals surface area contributed by atoms with E-state index in [1.807, 2.05) is 19.1 Å². The maximum absolute atomic E-state index is 14.0. The van der Waals surface area contributed by atoms with Crippen LogP contribution in [0.25, 0.3) is 0 Å². The zero-order valence-corrected chi connectivity index (χ0v) is 28.8. The number of allylic oxidation sites excluding steroid dienone is 1. The summed E-state index contributed by atoms with van der Waals surface area (Å²) in [5.74, 6) is 0.457. The van der Waals surface area contributed by atoms with Gasteiger partial charge < -0.3 is 34.7 Å². The number of aliphatic hydroxyl groups is 1. The first-order valence-electron chi connectivity index (χ1n) is 13.7. The Balaban J connectivity index is 1.37. The Bertz CT molecular complexity index is 1600. The average Bonchev–Trinajstić information content (AvgIpc) is 3.00. The molecule has 14 heteroatoms. The summed E-state index contributed by atoms with van der Waals surface area (Å²) in [5, 5.41) is 19.9. The fourth-order valence-electron chi connectivity index (χ4n) is 4.38. The Morgan fingerprint density at radius 3 is 2.53 bits per heavy atom. The molecular formula is C31H31FI2N4O7. The number of benzene rings is 3. The van der Waals surface area contributed by atoms with Gasteiger partial charge in [-0.15, -0.1) is 0 Å². The van der Waals surface area contributed by atoms with Crippen molar-refractivity contribution in [1.82, 2.24) is 16.1 Å². The normalized spacial score (nSPS) is 15.3. The highest BCUT2D eigenvalue weighted by Gasteiger charge is 2.32. The molecule has 0 fully saturated rings. The molecule has 4 rings (SSSR count). The van der Waals surface area contributed by atoms with Crippen molar-refractivity contribution < 1.29 is 38.0 Å². The van der Waals surface area contributed by atoms with Gasteiger partial charge in [0.05, 0.1) is 38.7 Å². The Morgan fingerprint density at radius 2 is 1.84 bits per heavy atom. The third-order valence-corrected chi connectivity index (χ3v) is 8.06. The van der Waals surface area contributed by atoms with E-state index >= 15 is 0 Å². The summed E-state index contributed by atoms with van der Waals surface area (Å²) >= 11 is 4.29. The summed E-state index contributed by atoms with van der Waals surface area (Å²) in [5.41, 5.74) is 5.09. The van der Waals surface area contributed by atoms with Crippen molar-refractivity contribution in [2.45, 2.75) is 32.7 Å². The van der Waals surface area contributed by atoms with Crippen LogP contribution in [-0.2, 0) is 16.1 Å². The van der Waals surface area contributed by atoms with Gasteiger partial charge >= 0.3 is 12.0 Å². The molecule has 3 aromatic rings. The van der Waals surface area contributed by atoms with Crippen molar-refractivity contribution in [2.24, 2.45) is 5.10 Å². The summed E-state index contributed by atoms with van der Waals surface area (Å²) in [7, 11) is 1.27. The smallest absolute Gasteiger partial charge is 0.337 e. The molecule has 45 heavy (non-hydrogen) atoms. The largest absolute Gasteiger partial charge is 0.490 e. The van der Waals surface area contributed by atoms with E-state index in [1.165, 1.54) is 13.2 Å². The van der Waals surface area contributed by atoms with E-state index in [0.717, 1.165) is 12.7 Å². The van der Waals surface area contributed by atoms with Crippen LogP contribution in [0.5, 0.6) is 17.2 Å². The maximum atomic E-state index is 14.0. The van der Waals surface area contributed by atoms with E-state index in [2.05, 4.69) is 66.3 Å². The minimum Gasteiger partial charge on any atom is -0.490 e. The van der Waals surface area contributed by atoms with E-state index < -0.39 is 24.3 Å². The molecule has 2 atom stereocenters. The van der Waals surface area contributed by atoms with Crippen LogP contribution in [0.3, 0.4) is 0 Å². The molecule has 4 N–H and O–H groups in total. The van der Waals surface area contributed by atoms with Gasteiger partial charge in [0.1, 0.15) is 24.8 Å². The summed E-state index contributed by atoms with van der Waals surface area (Å²) in [4.78, 5) is 24.6. The van der Waals surface area contributed by atoms with Crippen molar-refractivity contribution >= 4 is 63.4 Å². The topological polar surface area (TPSA) is 140 Å². The lowest BCUT2D eigenvalue weighted by Crippen LogP contribution is -2.45. The number of esters is 1. The standard InChI is InChI=1S/C31H31FI2N4O7/c1-4-43-25-13-19(28-27(30(40)42-3)17(2)36-31(41)37-28)9-10-24(25)44-16-26(39)38-35-14-18-11-22(33)29(23(34)12-18)45-15-20-7-5-6-8-21(20)32/h5-14,26,28,38-39H,4,15-16H2,1-3H3,(H2,36,37,41)/b35-14-/t26-,28+/m0/s1. The molecule has 0 saturated heterocycles. The molecular weight excluding hydrogens is 813 g/mol. The summed E-state index contributed by atoms with van der Waals surface area (Å²) in [6.07, 6.45) is 0.396. The number of hydrazone groups is 1. The molecule has 0 bridgehead atoms. The first-order valence-corrected chi connectivity index (χ1v) is 15.8. The van der Waals surface area contributed by atoms with E-state index in [9.17, 15) is 19.1 Å². The fourth-order valence-corrected chi connectivity index (χ4v) is 6.50. The zero-order valence-electron chi connectivity index (χ0n) is 24.5. The van der Waals surface area contributed by atoms with Crippen molar-refractivity contribution in [1.29, 1.82) is 0 Å². The fraction of sp³-hybridized carbons (Fsp3) is 0.258. The summed E-state index contributed by atoms with van der Waals surface area (Å²) in [6, 6.07) is 14.0. The van der Waals surface area contributed by atoms with Crippen molar-refractivity contribution in [3.8, 4) is 17.2 Å². The summed E-state index contributed by atoms with van der Waals surface area (Å²) in [6.45, 7) is 3.70. The van der Waals surface area contributed by atoms with Gasteiger partial charge in [-0.25, -0.2) is 14.0 Å². The molecule has 11 nitrogen and oxygen atoms in total. The molecule has 0 aromatic heterocycles. The first kappa shape index (κ1) is 34.2. The average molecular weight is 844 g/mol. The number of rotatable bonds is 13. The van der Waals surface area contributed by atoms with E-state index in [1.54, 1.807) is 49.5 Å². The lowest BCUT2D eigenvalue weighted by molar-refractivity contribution is -0.136. The van der Waals surface area contributed by atoms with Gasteiger partial charge in [-0.1, -0.05) is 24.3 Å². The Labute approximate surface area is 286 Å². The van der Waals surface area contributed by atoms with Crippen molar-refractivity contribution in [2.75, 3.05) is 20.3 Å².